The molecule has 0 N–H and O–H groups in total. The summed E-state index contributed by atoms with van der Waals surface area (Å²) in [6.45, 7) is 2.26. The van der Waals surface area contributed by atoms with Crippen LogP contribution in [0.15, 0.2) is 113 Å². The molecule has 42 heavy (non-hydrogen) atoms. The lowest BCUT2D eigenvalue weighted by Crippen LogP contribution is -2.30. The van der Waals surface area contributed by atoms with E-state index in [0.717, 1.165) is 49.2 Å². The molecule has 5 heteroatoms. The van der Waals surface area contributed by atoms with Gasteiger partial charge in [0.15, 0.2) is 5.58 Å². The van der Waals surface area contributed by atoms with E-state index < -0.39 is 5.41 Å². The zero-order chi connectivity index (χ0) is 28.2. The van der Waals surface area contributed by atoms with Crippen LogP contribution in [0.5, 0.6) is 0 Å². The van der Waals surface area contributed by atoms with Gasteiger partial charge in [0.05, 0.1) is 20.2 Å². The van der Waals surface area contributed by atoms with Gasteiger partial charge < -0.3 is 4.42 Å². The first kappa shape index (κ1) is 24.7. The quantitative estimate of drug-likeness (QED) is 0.197. The number of aromatic nitrogens is 1. The van der Waals surface area contributed by atoms with Crippen molar-refractivity contribution in [2.45, 2.75) is 18.8 Å². The van der Waals surface area contributed by atoms with Crippen LogP contribution < -0.4 is 0 Å². The van der Waals surface area contributed by atoms with Gasteiger partial charge in [-0.05, 0) is 82.1 Å². The molecule has 0 spiro atoms. The predicted octanol–water partition coefficient (Wildman–Crippen LogP) is 11.5. The Morgan fingerprint density at radius 1 is 0.857 bits per heavy atom. The number of halogens is 2. The topological polar surface area (TPSA) is 26.0 Å². The summed E-state index contributed by atoms with van der Waals surface area (Å²) < 4.78 is 8.79. The molecule has 3 heterocycles. The first-order chi connectivity index (χ1) is 20.6. The summed E-state index contributed by atoms with van der Waals surface area (Å²) in [6.07, 6.45) is 11.8. The summed E-state index contributed by atoms with van der Waals surface area (Å²) in [5.74, 6) is 0.472. The molecule has 2 nitrogen and oxygen atoms in total. The molecular formula is C37H23Cl2NOS. The summed E-state index contributed by atoms with van der Waals surface area (Å²) in [6, 6.07) is 25.5. The molecule has 0 radical (unpaired) electrons. The molecule has 3 aromatic heterocycles. The van der Waals surface area contributed by atoms with E-state index in [4.69, 9.17) is 27.6 Å². The van der Waals surface area contributed by atoms with Crippen molar-refractivity contribution < 1.29 is 4.42 Å². The monoisotopic (exact) mass is 599 g/mol. The Hall–Kier alpha value is -3.89. The maximum Gasteiger partial charge on any atom is 0.154 e. The van der Waals surface area contributed by atoms with Crippen molar-refractivity contribution in [1.29, 1.82) is 0 Å². The van der Waals surface area contributed by atoms with Gasteiger partial charge in [-0.15, -0.1) is 11.3 Å². The Labute approximate surface area is 256 Å². The zero-order valence-corrected chi connectivity index (χ0v) is 24.9. The average molecular weight is 601 g/mol. The molecular weight excluding hydrogens is 577 g/mol. The van der Waals surface area contributed by atoms with Crippen molar-refractivity contribution in [2.24, 2.45) is 5.92 Å². The third kappa shape index (κ3) is 3.09. The second-order valence-corrected chi connectivity index (χ2v) is 13.3. The van der Waals surface area contributed by atoms with Crippen LogP contribution in [0.25, 0.3) is 53.2 Å². The van der Waals surface area contributed by atoms with E-state index in [-0.39, 0.29) is 0 Å². The second-order valence-electron chi connectivity index (χ2n) is 11.4. The van der Waals surface area contributed by atoms with E-state index in [1.54, 1.807) is 11.3 Å². The number of hydrogen-bond acceptors (Lipinski definition) is 3. The number of fused-ring (bicyclic) bond motifs is 11. The van der Waals surface area contributed by atoms with Gasteiger partial charge in [0.2, 0.25) is 0 Å². The number of allylic oxidation sites excluding steroid dienone is 4. The summed E-state index contributed by atoms with van der Waals surface area (Å²) in [5.41, 5.74) is 7.98. The van der Waals surface area contributed by atoms with E-state index in [1.165, 1.54) is 37.7 Å². The van der Waals surface area contributed by atoms with E-state index >= 15 is 0 Å². The van der Waals surface area contributed by atoms with Crippen molar-refractivity contribution in [3.05, 3.63) is 136 Å². The molecule has 2 aliphatic rings. The van der Waals surface area contributed by atoms with E-state index in [1.807, 2.05) is 24.5 Å². The smallest absolute Gasteiger partial charge is 0.154 e. The Kier molecular flexibility index (Phi) is 5.18. The highest BCUT2D eigenvalue weighted by molar-refractivity contribution is 7.26. The second kappa shape index (κ2) is 8.81. The number of rotatable bonds is 2. The van der Waals surface area contributed by atoms with Crippen LogP contribution in [0.2, 0.25) is 10.0 Å². The van der Waals surface area contributed by atoms with E-state index in [9.17, 15) is 0 Å². The Bertz CT molecular complexity index is 2200. The van der Waals surface area contributed by atoms with Crippen LogP contribution in [-0.4, -0.2) is 4.98 Å². The van der Waals surface area contributed by atoms with Gasteiger partial charge in [-0.1, -0.05) is 84.8 Å². The minimum atomic E-state index is -0.638. The van der Waals surface area contributed by atoms with Crippen LogP contribution in [0, 0.1) is 5.92 Å². The third-order valence-electron chi connectivity index (χ3n) is 9.12. The third-order valence-corrected chi connectivity index (χ3v) is 11.0. The first-order valence-electron chi connectivity index (χ1n) is 14.2. The molecule has 0 bridgehead atoms. The van der Waals surface area contributed by atoms with Gasteiger partial charge in [0.25, 0.3) is 0 Å². The fourth-order valence-electron chi connectivity index (χ4n) is 7.37. The van der Waals surface area contributed by atoms with Gasteiger partial charge in [0, 0.05) is 38.6 Å². The van der Waals surface area contributed by atoms with Crippen molar-refractivity contribution in [1.82, 2.24) is 4.98 Å². The minimum Gasteiger partial charge on any atom is -0.454 e. The number of benzene rings is 4. The normalized spacial score (nSPS) is 19.6. The Balaban J connectivity index is 1.59. The lowest BCUT2D eigenvalue weighted by Gasteiger charge is -2.36. The number of hydrogen-bond donors (Lipinski definition) is 0. The fraction of sp³-hybridized carbons (Fsp3) is 0.108. The van der Waals surface area contributed by atoms with Crippen LogP contribution in [-0.2, 0) is 5.41 Å². The Morgan fingerprint density at radius 2 is 1.57 bits per heavy atom. The molecule has 0 fully saturated rings. The molecule has 0 saturated heterocycles. The average Bonchev–Trinajstić information content (AvgIpc) is 3.68. The first-order valence-corrected chi connectivity index (χ1v) is 15.7. The summed E-state index contributed by atoms with van der Waals surface area (Å²) >= 11 is 16.2. The molecule has 7 aromatic rings. The van der Waals surface area contributed by atoms with E-state index in [0.29, 0.717) is 10.9 Å². The number of nitrogens with zero attached hydrogens (tertiary/aromatic N) is 1. The van der Waals surface area contributed by atoms with Crippen molar-refractivity contribution in [2.75, 3.05) is 0 Å². The van der Waals surface area contributed by atoms with Gasteiger partial charge >= 0.3 is 0 Å². The minimum absolute atomic E-state index is 0.472. The summed E-state index contributed by atoms with van der Waals surface area (Å²) in [5, 5.41) is 5.90. The molecule has 2 aliphatic carbocycles. The summed E-state index contributed by atoms with van der Waals surface area (Å²) in [4.78, 5) is 4.41. The fourth-order valence-corrected chi connectivity index (χ4v) is 9.05. The van der Waals surface area contributed by atoms with Gasteiger partial charge in [-0.3, -0.25) is 4.98 Å². The highest BCUT2D eigenvalue weighted by Crippen LogP contribution is 2.63. The SMILES string of the molecule is CC1C=CC(C2(c3ccncc3)c3cc(Cl)c4oc5ccccc5c4c3-c3c2cc(Cl)c2sc4ccccc4c32)=CC1. The van der Waals surface area contributed by atoms with Gasteiger partial charge in [-0.25, -0.2) is 0 Å². The Morgan fingerprint density at radius 3 is 2.36 bits per heavy atom. The highest BCUT2D eigenvalue weighted by Gasteiger charge is 2.50. The zero-order valence-electron chi connectivity index (χ0n) is 22.6. The maximum atomic E-state index is 7.27. The molecule has 0 aliphatic heterocycles. The van der Waals surface area contributed by atoms with Crippen molar-refractivity contribution >= 4 is 76.6 Å². The van der Waals surface area contributed by atoms with Crippen LogP contribution >= 0.6 is 34.5 Å². The highest BCUT2D eigenvalue weighted by atomic mass is 35.5. The van der Waals surface area contributed by atoms with Crippen molar-refractivity contribution in [3.63, 3.8) is 0 Å². The van der Waals surface area contributed by atoms with Gasteiger partial charge in [-0.2, -0.15) is 0 Å². The molecule has 2 unspecified atom stereocenters. The molecule has 0 saturated carbocycles. The number of thiophene rings is 1. The number of furan rings is 1. The lowest BCUT2D eigenvalue weighted by molar-refractivity contribution is 0.668. The molecule has 202 valence electrons. The van der Waals surface area contributed by atoms with Crippen LogP contribution in [0.3, 0.4) is 0 Å². The van der Waals surface area contributed by atoms with Gasteiger partial charge in [0.1, 0.15) is 5.58 Å². The lowest BCUT2D eigenvalue weighted by atomic mass is 9.66. The number of para-hydroxylation sites is 1. The molecule has 2 atom stereocenters. The number of pyridine rings is 1. The maximum absolute atomic E-state index is 7.27. The van der Waals surface area contributed by atoms with Crippen LogP contribution in [0.1, 0.15) is 30.0 Å². The molecule has 9 rings (SSSR count). The summed E-state index contributed by atoms with van der Waals surface area (Å²) in [7, 11) is 0. The van der Waals surface area contributed by atoms with Crippen LogP contribution in [0.4, 0.5) is 0 Å². The largest absolute Gasteiger partial charge is 0.454 e. The van der Waals surface area contributed by atoms with Crippen molar-refractivity contribution in [3.8, 4) is 11.1 Å². The predicted molar refractivity (Wildman–Crippen MR) is 177 cm³/mol. The molecule has 0 amide bonds. The molecule has 4 aromatic carbocycles. The van der Waals surface area contributed by atoms with E-state index in [2.05, 4.69) is 90.8 Å². The standard InChI is InChI=1S/C37H23Cl2NOS/c1-20-10-12-21(13-11-20)37(22-14-16-40-17-15-22)25-18-27(38)35-31(23-6-2-4-8-29(23)41-35)33(25)34-26(37)19-28(39)36-32(34)24-7-3-5-9-30(24)42-36/h2-10,12-20H,11H2,1H3.